The molecule has 4 aliphatic carbocycles. The van der Waals surface area contributed by atoms with Crippen LogP contribution in [0.25, 0.3) is 0 Å². The number of hydrogen-bond donors (Lipinski definition) is 5. The van der Waals surface area contributed by atoms with Crippen molar-refractivity contribution in [1.82, 2.24) is 26.3 Å². The molecule has 2 unspecified atom stereocenters. The van der Waals surface area contributed by atoms with Crippen LogP contribution in [-0.2, 0) is 4.79 Å². The zero-order valence-corrected chi connectivity index (χ0v) is 24.4. The molecule has 5 N–H and O–H groups in total. The van der Waals surface area contributed by atoms with E-state index in [1.54, 1.807) is 29.7 Å². The average molecular weight is 568 g/mol. The number of hydrogen-bond acceptors (Lipinski definition) is 5. The Morgan fingerprint density at radius 3 is 2.15 bits per heavy atom. The Morgan fingerprint density at radius 1 is 0.902 bits per heavy atom. The Labute approximate surface area is 242 Å². The third-order valence-corrected chi connectivity index (χ3v) is 9.76. The Balaban J connectivity index is 1.04. The Kier molecular flexibility index (Phi) is 8.32. The lowest BCUT2D eigenvalue weighted by atomic mass is 9.43. The largest absolute Gasteiger partial charge is 0.352 e. The van der Waals surface area contributed by atoms with Crippen molar-refractivity contribution in [1.29, 1.82) is 0 Å². The van der Waals surface area contributed by atoms with Gasteiger partial charge in [0, 0.05) is 48.8 Å². The molecule has 4 saturated carbocycles. The van der Waals surface area contributed by atoms with Crippen LogP contribution in [0.15, 0.2) is 24.3 Å². The van der Waals surface area contributed by atoms with E-state index in [1.165, 1.54) is 19.3 Å². The summed E-state index contributed by atoms with van der Waals surface area (Å²) in [6.45, 7) is 6.38. The number of nitrogens with one attached hydrogen (secondary N) is 4. The number of carbonyl (C=O) groups is 4. The third kappa shape index (κ3) is 6.85. The van der Waals surface area contributed by atoms with Crippen molar-refractivity contribution in [3.63, 3.8) is 0 Å². The highest BCUT2D eigenvalue weighted by molar-refractivity contribution is 5.97. The van der Waals surface area contributed by atoms with Gasteiger partial charge in [0.2, 0.25) is 5.91 Å². The van der Waals surface area contributed by atoms with Crippen molar-refractivity contribution in [3.8, 4) is 0 Å². The maximum Gasteiger partial charge on any atom is 0.315 e. The summed E-state index contributed by atoms with van der Waals surface area (Å²) in [6.07, 6.45) is 9.93. The highest BCUT2D eigenvalue weighted by Crippen LogP contribution is 2.66. The first kappa shape index (κ1) is 29.4. The molecule has 224 valence electrons. The number of hydroxylamine groups is 1. The molecule has 1 aromatic rings. The van der Waals surface area contributed by atoms with E-state index in [4.69, 9.17) is 5.21 Å². The summed E-state index contributed by atoms with van der Waals surface area (Å²) in [6, 6.07) is 6.62. The Hall–Kier alpha value is -3.14. The molecular weight excluding hydrogens is 522 g/mol. The van der Waals surface area contributed by atoms with Crippen LogP contribution in [0.1, 0.15) is 105 Å². The number of benzene rings is 1. The standard InChI is InChI=1S/C31H45N5O5/c1-29-15-21-16-30(2,18-29)20-31(17-21,19-29)34-28(40)33-24-10-13-36(14-11-24)27(39)23-8-6-22(7-9-23)26(38)32-12-4-3-5-25(37)35-41/h6-9,21,24,41H,3-5,10-20H2,1-2H3,(H,32,38)(H,35,37)(H2,33,34,40)/t21?,29-,30+,31?. The van der Waals surface area contributed by atoms with Crippen molar-refractivity contribution in [3.05, 3.63) is 35.4 Å². The molecule has 5 fully saturated rings. The molecule has 4 atom stereocenters. The second-order valence-electron chi connectivity index (χ2n) is 13.9. The van der Waals surface area contributed by atoms with Gasteiger partial charge in [-0.3, -0.25) is 19.6 Å². The average Bonchev–Trinajstić information content (AvgIpc) is 2.90. The van der Waals surface area contributed by atoms with E-state index in [0.29, 0.717) is 67.3 Å². The SMILES string of the molecule is C[C@]12CC3CC(NC(=O)NC4CCN(C(=O)c5ccc(C(=O)NCCCCC(=O)NO)cc5)CC4)(C1)C[C@@](C)(C3)C2. The van der Waals surface area contributed by atoms with Crippen molar-refractivity contribution in [2.75, 3.05) is 19.6 Å². The number of rotatable bonds is 9. The fourth-order valence-electron chi connectivity index (χ4n) is 8.99. The van der Waals surface area contributed by atoms with Gasteiger partial charge in [-0.1, -0.05) is 13.8 Å². The molecule has 1 aromatic carbocycles. The normalized spacial score (nSPS) is 30.5. The zero-order valence-electron chi connectivity index (χ0n) is 24.4. The molecule has 1 saturated heterocycles. The number of piperidine rings is 1. The van der Waals surface area contributed by atoms with E-state index >= 15 is 0 Å². The quantitative estimate of drug-likeness (QED) is 0.176. The van der Waals surface area contributed by atoms with Gasteiger partial charge in [0.25, 0.3) is 11.8 Å². The van der Waals surface area contributed by atoms with Crippen molar-refractivity contribution in [2.24, 2.45) is 16.7 Å². The zero-order chi connectivity index (χ0) is 29.3. The third-order valence-electron chi connectivity index (χ3n) is 9.76. The molecule has 4 bridgehead atoms. The summed E-state index contributed by atoms with van der Waals surface area (Å²) in [5, 5.41) is 17.9. The molecule has 1 heterocycles. The molecule has 0 aromatic heterocycles. The van der Waals surface area contributed by atoms with Gasteiger partial charge in [0.15, 0.2) is 0 Å². The van der Waals surface area contributed by atoms with E-state index < -0.39 is 5.91 Å². The van der Waals surface area contributed by atoms with Gasteiger partial charge in [-0.15, -0.1) is 0 Å². The van der Waals surface area contributed by atoms with E-state index in [9.17, 15) is 19.2 Å². The van der Waals surface area contributed by atoms with E-state index in [0.717, 1.165) is 25.2 Å². The number of nitrogens with zero attached hydrogens (tertiary/aromatic N) is 1. The molecule has 0 radical (unpaired) electrons. The Bertz CT molecular complexity index is 1140. The minimum Gasteiger partial charge on any atom is -0.352 e. The molecular formula is C31H45N5O5. The highest BCUT2D eigenvalue weighted by Gasteiger charge is 2.60. The lowest BCUT2D eigenvalue weighted by Gasteiger charge is -2.65. The lowest BCUT2D eigenvalue weighted by Crippen LogP contribution is -2.66. The van der Waals surface area contributed by atoms with Gasteiger partial charge in [-0.05, 0) is 105 Å². The summed E-state index contributed by atoms with van der Waals surface area (Å²) in [5.74, 6) is -0.0354. The maximum atomic E-state index is 13.1. The highest BCUT2D eigenvalue weighted by atomic mass is 16.5. The van der Waals surface area contributed by atoms with Crippen LogP contribution in [0.4, 0.5) is 4.79 Å². The van der Waals surface area contributed by atoms with Crippen molar-refractivity contribution >= 4 is 23.8 Å². The molecule has 6 rings (SSSR count). The van der Waals surface area contributed by atoms with E-state index in [2.05, 4.69) is 29.8 Å². The number of likely N-dealkylation sites (tertiary alicyclic amines) is 1. The predicted octanol–water partition coefficient (Wildman–Crippen LogP) is 3.74. The van der Waals surface area contributed by atoms with Crippen molar-refractivity contribution in [2.45, 2.75) is 96.1 Å². The topological polar surface area (TPSA) is 140 Å². The molecule has 1 aliphatic heterocycles. The number of carbonyl (C=O) groups excluding carboxylic acids is 4. The maximum absolute atomic E-state index is 13.1. The number of unbranched alkanes of at least 4 members (excludes halogenated alkanes) is 1. The van der Waals surface area contributed by atoms with E-state index in [1.807, 2.05) is 4.90 Å². The van der Waals surface area contributed by atoms with Gasteiger partial charge < -0.3 is 20.9 Å². The molecule has 10 nitrogen and oxygen atoms in total. The first-order chi connectivity index (χ1) is 19.5. The van der Waals surface area contributed by atoms with Crippen LogP contribution in [0, 0.1) is 16.7 Å². The van der Waals surface area contributed by atoms with Crippen LogP contribution in [0.2, 0.25) is 0 Å². The minimum atomic E-state index is -0.445. The van der Waals surface area contributed by atoms with Gasteiger partial charge in [0.1, 0.15) is 0 Å². The summed E-state index contributed by atoms with van der Waals surface area (Å²) in [5.41, 5.74) is 3.19. The van der Waals surface area contributed by atoms with Gasteiger partial charge in [-0.2, -0.15) is 0 Å². The van der Waals surface area contributed by atoms with Gasteiger partial charge in [-0.25, -0.2) is 10.3 Å². The molecule has 5 amide bonds. The monoisotopic (exact) mass is 567 g/mol. The van der Waals surface area contributed by atoms with Gasteiger partial charge >= 0.3 is 6.03 Å². The van der Waals surface area contributed by atoms with Crippen LogP contribution in [0.5, 0.6) is 0 Å². The summed E-state index contributed by atoms with van der Waals surface area (Å²) in [4.78, 5) is 51.4. The smallest absolute Gasteiger partial charge is 0.315 e. The molecule has 41 heavy (non-hydrogen) atoms. The summed E-state index contributed by atoms with van der Waals surface area (Å²) < 4.78 is 0. The second-order valence-corrected chi connectivity index (χ2v) is 13.9. The summed E-state index contributed by atoms with van der Waals surface area (Å²) >= 11 is 0. The van der Waals surface area contributed by atoms with Crippen molar-refractivity contribution < 1.29 is 24.4 Å². The van der Waals surface area contributed by atoms with Crippen LogP contribution < -0.4 is 21.4 Å². The van der Waals surface area contributed by atoms with Crippen LogP contribution in [0.3, 0.4) is 0 Å². The van der Waals surface area contributed by atoms with Crippen LogP contribution >= 0.6 is 0 Å². The first-order valence-electron chi connectivity index (χ1n) is 15.2. The fraction of sp³-hybridized carbons (Fsp3) is 0.677. The van der Waals surface area contributed by atoms with Crippen LogP contribution in [-0.4, -0.2) is 65.1 Å². The second kappa shape index (κ2) is 11.6. The molecule has 10 heteroatoms. The van der Waals surface area contributed by atoms with E-state index in [-0.39, 0.29) is 35.8 Å². The number of amides is 5. The number of urea groups is 1. The predicted molar refractivity (Wildman–Crippen MR) is 153 cm³/mol. The molecule has 5 aliphatic rings. The first-order valence-corrected chi connectivity index (χ1v) is 15.2. The minimum absolute atomic E-state index is 0.0447. The fourth-order valence-corrected chi connectivity index (χ4v) is 8.99. The summed E-state index contributed by atoms with van der Waals surface area (Å²) in [7, 11) is 0. The Morgan fingerprint density at radius 2 is 1.54 bits per heavy atom. The molecule has 0 spiro atoms. The lowest BCUT2D eigenvalue weighted by molar-refractivity contribution is -0.129. The van der Waals surface area contributed by atoms with Gasteiger partial charge in [0.05, 0.1) is 0 Å².